The highest BCUT2D eigenvalue weighted by Crippen LogP contribution is 2.24. The van der Waals surface area contributed by atoms with E-state index in [0.29, 0.717) is 6.42 Å². The van der Waals surface area contributed by atoms with E-state index in [1.165, 1.54) is 77.0 Å². The fraction of sp³-hybridized carbons (Fsp3) is 0.487. The summed E-state index contributed by atoms with van der Waals surface area (Å²) in [6.45, 7) is 5.29. The molecule has 0 aliphatic rings. The lowest BCUT2D eigenvalue weighted by Crippen LogP contribution is -1.98. The number of ketones is 1. The number of unbranched alkanes of at least 4 members (excludes halogenated alkanes) is 13. The third-order valence-electron chi connectivity index (χ3n) is 7.92. The molecule has 3 rings (SSSR count). The average molecular weight is 568 g/mol. The van der Waals surface area contributed by atoms with Crippen LogP contribution >= 0.6 is 0 Å². The van der Waals surface area contributed by atoms with Crippen LogP contribution in [-0.4, -0.2) is 18.6 Å². The van der Waals surface area contributed by atoms with Gasteiger partial charge in [-0.15, -0.1) is 0 Å². The van der Waals surface area contributed by atoms with Crippen LogP contribution in [0.5, 0.6) is 5.75 Å². The van der Waals surface area contributed by atoms with Gasteiger partial charge in [-0.1, -0.05) is 134 Å². The lowest BCUT2D eigenvalue weighted by molar-refractivity contribution is 0.0979. The lowest BCUT2D eigenvalue weighted by Gasteiger charge is -2.06. The molecule has 3 aromatic carbocycles. The van der Waals surface area contributed by atoms with Gasteiger partial charge >= 0.3 is 0 Å². The highest BCUT2D eigenvalue weighted by Gasteiger charge is 2.07. The van der Waals surface area contributed by atoms with Crippen LogP contribution in [-0.2, 0) is 0 Å². The van der Waals surface area contributed by atoms with Crippen molar-refractivity contribution in [2.75, 3.05) is 6.61 Å². The average Bonchev–Trinajstić information content (AvgIpc) is 3.03. The summed E-state index contributed by atoms with van der Waals surface area (Å²) in [5.74, 6) is 1.17. The Hall–Kier alpha value is -3.20. The van der Waals surface area contributed by atoms with E-state index in [2.05, 4.69) is 43.1 Å². The highest BCUT2D eigenvalue weighted by molar-refractivity contribution is 5.96. The monoisotopic (exact) mass is 567 g/mol. The van der Waals surface area contributed by atoms with Crippen LogP contribution in [0.3, 0.4) is 0 Å². The topological polar surface area (TPSA) is 38.7 Å². The Labute approximate surface area is 255 Å². The molecule has 0 saturated heterocycles. The van der Waals surface area contributed by atoms with Gasteiger partial charge in [-0.05, 0) is 65.9 Å². The van der Waals surface area contributed by atoms with E-state index < -0.39 is 0 Å². The number of Topliss-reactive ketones (excluding diaryl/α,β-unsaturated/α-hetero) is 1. The fourth-order valence-corrected chi connectivity index (χ4v) is 5.20. The second-order valence-electron chi connectivity index (χ2n) is 11.6. The molecule has 3 heteroatoms. The number of aliphatic imine (C=N–C) groups is 1. The summed E-state index contributed by atoms with van der Waals surface area (Å²) in [4.78, 5) is 17.3. The van der Waals surface area contributed by atoms with Gasteiger partial charge in [-0.25, -0.2) is 0 Å². The smallest absolute Gasteiger partial charge is 0.162 e. The van der Waals surface area contributed by atoms with Crippen molar-refractivity contribution < 1.29 is 9.53 Å². The number of ether oxygens (including phenoxy) is 1. The lowest BCUT2D eigenvalue weighted by atomic mass is 9.99. The van der Waals surface area contributed by atoms with Crippen molar-refractivity contribution in [3.8, 4) is 16.9 Å². The largest absolute Gasteiger partial charge is 0.494 e. The van der Waals surface area contributed by atoms with Crippen LogP contribution in [0, 0.1) is 0 Å². The summed E-state index contributed by atoms with van der Waals surface area (Å²) in [5, 5.41) is 0. The van der Waals surface area contributed by atoms with Gasteiger partial charge in [-0.2, -0.15) is 0 Å². The molecule has 0 bridgehead atoms. The molecule has 42 heavy (non-hydrogen) atoms. The van der Waals surface area contributed by atoms with Crippen LogP contribution in [0.4, 0.5) is 5.69 Å². The minimum atomic E-state index is 0.256. The van der Waals surface area contributed by atoms with Gasteiger partial charge in [0.1, 0.15) is 5.75 Å². The summed E-state index contributed by atoms with van der Waals surface area (Å²) in [6.07, 6.45) is 21.6. The molecule has 3 nitrogen and oxygen atoms in total. The van der Waals surface area contributed by atoms with Crippen LogP contribution in [0.25, 0.3) is 11.1 Å². The number of rotatable bonds is 22. The van der Waals surface area contributed by atoms with Crippen molar-refractivity contribution in [2.24, 2.45) is 4.99 Å². The van der Waals surface area contributed by atoms with Crippen LogP contribution in [0.15, 0.2) is 77.8 Å². The Morgan fingerprint density at radius 2 is 1.10 bits per heavy atom. The molecular formula is C39H53NO2. The first-order valence-corrected chi connectivity index (χ1v) is 16.7. The summed E-state index contributed by atoms with van der Waals surface area (Å²) in [5.41, 5.74) is 5.02. The molecule has 0 amide bonds. The van der Waals surface area contributed by atoms with Crippen molar-refractivity contribution in [3.63, 3.8) is 0 Å². The minimum absolute atomic E-state index is 0.256. The molecule has 0 aliphatic heterocycles. The zero-order valence-electron chi connectivity index (χ0n) is 26.3. The van der Waals surface area contributed by atoms with E-state index in [1.807, 2.05) is 54.7 Å². The van der Waals surface area contributed by atoms with Crippen LogP contribution in [0.1, 0.15) is 133 Å². The van der Waals surface area contributed by atoms with E-state index in [-0.39, 0.29) is 5.78 Å². The molecule has 0 spiro atoms. The van der Waals surface area contributed by atoms with Crippen LogP contribution < -0.4 is 4.74 Å². The molecule has 0 fully saturated rings. The molecule has 0 aliphatic carbocycles. The van der Waals surface area contributed by atoms with Gasteiger partial charge in [0.05, 0.1) is 12.3 Å². The van der Waals surface area contributed by atoms with Crippen molar-refractivity contribution in [2.45, 2.75) is 117 Å². The van der Waals surface area contributed by atoms with E-state index in [9.17, 15) is 4.79 Å². The Morgan fingerprint density at radius 3 is 1.67 bits per heavy atom. The zero-order chi connectivity index (χ0) is 29.7. The second kappa shape index (κ2) is 20.6. The van der Waals surface area contributed by atoms with Gasteiger partial charge in [0.15, 0.2) is 5.78 Å². The maximum Gasteiger partial charge on any atom is 0.162 e. The normalized spacial score (nSPS) is 11.3. The molecule has 0 saturated carbocycles. The van der Waals surface area contributed by atoms with Crippen molar-refractivity contribution in [1.82, 2.24) is 0 Å². The first-order chi connectivity index (χ1) is 20.7. The summed E-state index contributed by atoms with van der Waals surface area (Å²) in [7, 11) is 0. The number of carbonyl (C=O) groups excluding carboxylic acids is 1. The van der Waals surface area contributed by atoms with Gasteiger partial charge in [0.2, 0.25) is 0 Å². The maximum atomic E-state index is 12.6. The summed E-state index contributed by atoms with van der Waals surface area (Å²) >= 11 is 0. The standard InChI is InChI=1S/C39H53NO2/c1-3-5-7-9-11-12-13-14-16-18-39(41)36-23-21-34(22-24-36)35-25-27-37(28-26-35)40-32-33-19-29-38(30-20-33)42-31-17-15-10-8-6-4-2/h19-30,32H,3-18,31H2,1-2H3. The number of nitrogens with zero attached hydrogens (tertiary/aromatic N) is 1. The second-order valence-corrected chi connectivity index (χ2v) is 11.6. The first-order valence-electron chi connectivity index (χ1n) is 16.7. The van der Waals surface area contributed by atoms with Gasteiger partial charge < -0.3 is 4.74 Å². The maximum absolute atomic E-state index is 12.6. The number of carbonyl (C=O) groups is 1. The molecule has 0 unspecified atom stereocenters. The SMILES string of the molecule is CCCCCCCCCCCC(=O)c1ccc(-c2ccc(N=Cc3ccc(OCCCCCCCC)cc3)cc2)cc1. The Bertz CT molecular complexity index is 1150. The molecule has 0 heterocycles. The van der Waals surface area contributed by atoms with Gasteiger partial charge in [-0.3, -0.25) is 9.79 Å². The Kier molecular flexibility index (Phi) is 16.4. The third kappa shape index (κ3) is 13.2. The third-order valence-corrected chi connectivity index (χ3v) is 7.92. The summed E-state index contributed by atoms with van der Waals surface area (Å²) < 4.78 is 5.89. The Balaban J connectivity index is 1.37. The minimum Gasteiger partial charge on any atom is -0.494 e. The molecule has 0 radical (unpaired) electrons. The molecule has 226 valence electrons. The molecule has 0 N–H and O–H groups in total. The van der Waals surface area contributed by atoms with Gasteiger partial charge in [0, 0.05) is 18.2 Å². The molecule has 0 aromatic heterocycles. The zero-order valence-corrected chi connectivity index (χ0v) is 26.3. The number of hydrogen-bond acceptors (Lipinski definition) is 3. The van der Waals surface area contributed by atoms with E-state index >= 15 is 0 Å². The molecule has 3 aromatic rings. The Morgan fingerprint density at radius 1 is 0.595 bits per heavy atom. The predicted molar refractivity (Wildman–Crippen MR) is 181 cm³/mol. The first kappa shape index (κ1) is 33.3. The van der Waals surface area contributed by atoms with Crippen LogP contribution in [0.2, 0.25) is 0 Å². The number of benzene rings is 3. The summed E-state index contributed by atoms with van der Waals surface area (Å²) in [6, 6.07) is 24.4. The van der Waals surface area contributed by atoms with Crippen molar-refractivity contribution >= 4 is 17.7 Å². The number of hydrogen-bond donors (Lipinski definition) is 0. The van der Waals surface area contributed by atoms with Gasteiger partial charge in [0.25, 0.3) is 0 Å². The van der Waals surface area contributed by atoms with Crippen molar-refractivity contribution in [1.29, 1.82) is 0 Å². The predicted octanol–water partition coefficient (Wildman–Crippen LogP) is 11.9. The highest BCUT2D eigenvalue weighted by atomic mass is 16.5. The van der Waals surface area contributed by atoms with Crippen molar-refractivity contribution in [3.05, 3.63) is 83.9 Å². The van der Waals surface area contributed by atoms with E-state index in [1.54, 1.807) is 0 Å². The molecule has 0 atom stereocenters. The quantitative estimate of drug-likeness (QED) is 0.0688. The van der Waals surface area contributed by atoms with E-state index in [0.717, 1.165) is 59.6 Å². The molecular weight excluding hydrogens is 514 g/mol. The fourth-order valence-electron chi connectivity index (χ4n) is 5.20. The van der Waals surface area contributed by atoms with E-state index in [4.69, 9.17) is 4.74 Å².